The summed E-state index contributed by atoms with van der Waals surface area (Å²) < 4.78 is 13.4. The number of hydrogen-bond donors (Lipinski definition) is 1. The molecule has 2 aromatic rings. The first-order valence-corrected chi connectivity index (χ1v) is 6.52. The Bertz CT molecular complexity index is 605. The van der Waals surface area contributed by atoms with Crippen molar-refractivity contribution in [1.82, 2.24) is 9.97 Å². The summed E-state index contributed by atoms with van der Waals surface area (Å²) in [5.74, 6) is 0.323. The maximum absolute atomic E-state index is 13.4. The lowest BCUT2D eigenvalue weighted by atomic mass is 9.93. The molecule has 0 amide bonds. The zero-order valence-electron chi connectivity index (χ0n) is 10.9. The van der Waals surface area contributed by atoms with Gasteiger partial charge >= 0.3 is 0 Å². The quantitative estimate of drug-likeness (QED) is 0.854. The van der Waals surface area contributed by atoms with Crippen LogP contribution in [-0.2, 0) is 6.42 Å². The van der Waals surface area contributed by atoms with Crippen LogP contribution in [0.15, 0.2) is 24.4 Å². The number of halogens is 1. The van der Waals surface area contributed by atoms with Crippen LogP contribution in [0.3, 0.4) is 0 Å². The van der Waals surface area contributed by atoms with E-state index in [4.69, 9.17) is 5.73 Å². The van der Waals surface area contributed by atoms with E-state index in [1.807, 2.05) is 13.0 Å². The maximum Gasteiger partial charge on any atom is 0.159 e. The lowest BCUT2D eigenvalue weighted by Crippen LogP contribution is -2.19. The number of fused-ring (bicyclic) bond motifs is 1. The minimum atomic E-state index is -0.256. The average molecular weight is 257 g/mol. The Morgan fingerprint density at radius 1 is 1.32 bits per heavy atom. The summed E-state index contributed by atoms with van der Waals surface area (Å²) in [4.78, 5) is 8.90. The summed E-state index contributed by atoms with van der Waals surface area (Å²) in [6.07, 6.45) is 4.75. The summed E-state index contributed by atoms with van der Waals surface area (Å²) in [5.41, 5.74) is 9.67. The second-order valence-electron chi connectivity index (χ2n) is 5.11. The van der Waals surface area contributed by atoms with Crippen LogP contribution in [0.5, 0.6) is 0 Å². The van der Waals surface area contributed by atoms with E-state index in [-0.39, 0.29) is 11.9 Å². The summed E-state index contributed by atoms with van der Waals surface area (Å²) in [5, 5.41) is 0. The molecule has 1 aromatic heterocycles. The monoisotopic (exact) mass is 257 g/mol. The Kier molecular flexibility index (Phi) is 3.03. The highest BCUT2D eigenvalue weighted by atomic mass is 19.1. The van der Waals surface area contributed by atoms with Crippen LogP contribution in [-0.4, -0.2) is 9.97 Å². The molecule has 0 aliphatic heterocycles. The van der Waals surface area contributed by atoms with Gasteiger partial charge in [0.2, 0.25) is 0 Å². The van der Waals surface area contributed by atoms with E-state index in [2.05, 4.69) is 9.97 Å². The molecular formula is C15H16FN3. The summed E-state index contributed by atoms with van der Waals surface area (Å²) in [7, 11) is 0. The maximum atomic E-state index is 13.4. The van der Waals surface area contributed by atoms with Gasteiger partial charge < -0.3 is 5.73 Å². The molecule has 98 valence electrons. The minimum absolute atomic E-state index is 0.0343. The molecule has 0 saturated carbocycles. The van der Waals surface area contributed by atoms with Crippen molar-refractivity contribution in [1.29, 1.82) is 0 Å². The molecular weight excluding hydrogens is 241 g/mol. The van der Waals surface area contributed by atoms with Gasteiger partial charge in [0.25, 0.3) is 0 Å². The van der Waals surface area contributed by atoms with Crippen LogP contribution in [0.25, 0.3) is 11.4 Å². The Hall–Kier alpha value is -1.81. The average Bonchev–Trinajstić information content (AvgIpc) is 2.37. The fourth-order valence-corrected chi connectivity index (χ4v) is 2.59. The van der Waals surface area contributed by atoms with Crippen molar-refractivity contribution in [2.75, 3.05) is 0 Å². The zero-order valence-corrected chi connectivity index (χ0v) is 10.9. The molecule has 1 aromatic carbocycles. The van der Waals surface area contributed by atoms with Crippen LogP contribution in [0.4, 0.5) is 4.39 Å². The predicted molar refractivity (Wildman–Crippen MR) is 72.0 cm³/mol. The lowest BCUT2D eigenvalue weighted by Gasteiger charge is -2.21. The number of aryl methyl sites for hydroxylation is 2. The molecule has 1 aliphatic rings. The zero-order chi connectivity index (χ0) is 13.4. The van der Waals surface area contributed by atoms with E-state index in [9.17, 15) is 4.39 Å². The predicted octanol–water partition coefficient (Wildman–Crippen LogP) is 2.93. The third-order valence-corrected chi connectivity index (χ3v) is 3.53. The smallest absolute Gasteiger partial charge is 0.159 e. The first-order chi connectivity index (χ1) is 9.13. The topological polar surface area (TPSA) is 51.8 Å². The van der Waals surface area contributed by atoms with E-state index >= 15 is 0 Å². The third kappa shape index (κ3) is 2.36. The molecule has 4 heteroatoms. The van der Waals surface area contributed by atoms with Crippen molar-refractivity contribution in [2.45, 2.75) is 32.2 Å². The van der Waals surface area contributed by atoms with Crippen LogP contribution in [0.1, 0.15) is 35.7 Å². The summed E-state index contributed by atoms with van der Waals surface area (Å²) in [6.45, 7) is 1.86. The van der Waals surface area contributed by atoms with Crippen LogP contribution >= 0.6 is 0 Å². The first kappa shape index (κ1) is 12.2. The molecule has 0 radical (unpaired) electrons. The molecule has 0 fully saturated rings. The highest BCUT2D eigenvalue weighted by Gasteiger charge is 2.19. The number of nitrogens with zero attached hydrogens (tertiary/aromatic N) is 2. The van der Waals surface area contributed by atoms with Gasteiger partial charge in [-0.2, -0.15) is 0 Å². The van der Waals surface area contributed by atoms with Gasteiger partial charge in [-0.1, -0.05) is 0 Å². The Labute approximate surface area is 111 Å². The van der Waals surface area contributed by atoms with Gasteiger partial charge in [0, 0.05) is 29.1 Å². The SMILES string of the molecule is Cc1cc(F)cc(-c2ncc3c(n2)CCCC3N)c1. The van der Waals surface area contributed by atoms with Crippen molar-refractivity contribution in [2.24, 2.45) is 5.73 Å². The van der Waals surface area contributed by atoms with Crippen molar-refractivity contribution < 1.29 is 4.39 Å². The Morgan fingerprint density at radius 2 is 2.16 bits per heavy atom. The van der Waals surface area contributed by atoms with E-state index < -0.39 is 0 Å². The second kappa shape index (κ2) is 4.70. The molecule has 0 spiro atoms. The third-order valence-electron chi connectivity index (χ3n) is 3.53. The molecule has 1 unspecified atom stereocenters. The molecule has 3 nitrogen and oxygen atoms in total. The molecule has 3 rings (SSSR count). The number of rotatable bonds is 1. The fourth-order valence-electron chi connectivity index (χ4n) is 2.59. The molecule has 0 bridgehead atoms. The van der Waals surface area contributed by atoms with Crippen molar-refractivity contribution in [3.8, 4) is 11.4 Å². The standard InChI is InChI=1S/C15H16FN3/c1-9-5-10(7-11(16)6-9)15-18-8-12-13(17)3-2-4-14(12)19-15/h5-8,13H,2-4,17H2,1H3. The fraction of sp³-hybridized carbons (Fsp3) is 0.333. The van der Waals surface area contributed by atoms with Crippen LogP contribution < -0.4 is 5.73 Å². The van der Waals surface area contributed by atoms with Gasteiger partial charge in [-0.15, -0.1) is 0 Å². The molecule has 1 atom stereocenters. The second-order valence-corrected chi connectivity index (χ2v) is 5.11. The van der Waals surface area contributed by atoms with E-state index in [1.54, 1.807) is 6.20 Å². The van der Waals surface area contributed by atoms with Crippen LogP contribution in [0, 0.1) is 12.7 Å². The lowest BCUT2D eigenvalue weighted by molar-refractivity contribution is 0.557. The van der Waals surface area contributed by atoms with Crippen molar-refractivity contribution >= 4 is 0 Å². The summed E-state index contributed by atoms with van der Waals surface area (Å²) in [6, 6.07) is 4.90. The normalized spacial score (nSPS) is 18.2. The number of aromatic nitrogens is 2. The number of benzene rings is 1. The van der Waals surface area contributed by atoms with Gasteiger partial charge in [-0.3, -0.25) is 0 Å². The van der Waals surface area contributed by atoms with Gasteiger partial charge in [0.05, 0.1) is 0 Å². The molecule has 1 heterocycles. The van der Waals surface area contributed by atoms with E-state index in [1.165, 1.54) is 12.1 Å². The number of nitrogens with two attached hydrogens (primary N) is 1. The van der Waals surface area contributed by atoms with E-state index in [0.717, 1.165) is 41.6 Å². The highest BCUT2D eigenvalue weighted by Crippen LogP contribution is 2.28. The van der Waals surface area contributed by atoms with Gasteiger partial charge in [0.15, 0.2) is 5.82 Å². The molecule has 2 N–H and O–H groups in total. The molecule has 0 saturated heterocycles. The molecule has 1 aliphatic carbocycles. The van der Waals surface area contributed by atoms with Gasteiger partial charge in [-0.05, 0) is 49.9 Å². The Morgan fingerprint density at radius 3 is 2.95 bits per heavy atom. The van der Waals surface area contributed by atoms with Crippen molar-refractivity contribution in [3.05, 3.63) is 47.0 Å². The molecule has 19 heavy (non-hydrogen) atoms. The highest BCUT2D eigenvalue weighted by molar-refractivity contribution is 5.56. The Balaban J connectivity index is 2.06. The van der Waals surface area contributed by atoms with Crippen LogP contribution in [0.2, 0.25) is 0 Å². The summed E-state index contributed by atoms with van der Waals surface area (Å²) >= 11 is 0. The largest absolute Gasteiger partial charge is 0.324 e. The van der Waals surface area contributed by atoms with Gasteiger partial charge in [0.1, 0.15) is 5.82 Å². The van der Waals surface area contributed by atoms with Gasteiger partial charge in [-0.25, -0.2) is 14.4 Å². The first-order valence-electron chi connectivity index (χ1n) is 6.52. The number of hydrogen-bond acceptors (Lipinski definition) is 3. The minimum Gasteiger partial charge on any atom is -0.324 e. The van der Waals surface area contributed by atoms with Crippen molar-refractivity contribution in [3.63, 3.8) is 0 Å². The van der Waals surface area contributed by atoms with E-state index in [0.29, 0.717) is 5.82 Å².